The number of allylic oxidation sites excluding steroid dienone is 1. The Kier molecular flexibility index (Phi) is 14.3. The fourth-order valence-electron chi connectivity index (χ4n) is 6.74. The summed E-state index contributed by atoms with van der Waals surface area (Å²) in [5.74, 6) is 0.672. The Labute approximate surface area is 318 Å². The predicted molar refractivity (Wildman–Crippen MR) is 209 cm³/mol. The van der Waals surface area contributed by atoms with Crippen LogP contribution in [0.2, 0.25) is 0 Å². The summed E-state index contributed by atoms with van der Waals surface area (Å²) in [4.78, 5) is 53.6. The molecule has 1 aliphatic carbocycles. The van der Waals surface area contributed by atoms with Gasteiger partial charge < -0.3 is 34.3 Å². The van der Waals surface area contributed by atoms with Crippen LogP contribution in [0.4, 0.5) is 10.5 Å². The number of alkyl carbamates (subject to hydrolysis) is 1. The largest absolute Gasteiger partial charge is 0.495 e. The van der Waals surface area contributed by atoms with Gasteiger partial charge >= 0.3 is 6.09 Å². The van der Waals surface area contributed by atoms with E-state index in [9.17, 15) is 19.2 Å². The summed E-state index contributed by atoms with van der Waals surface area (Å²) >= 11 is 0. The van der Waals surface area contributed by atoms with Crippen molar-refractivity contribution in [3.05, 3.63) is 82.9 Å². The highest BCUT2D eigenvalue weighted by Crippen LogP contribution is 2.47. The van der Waals surface area contributed by atoms with Crippen molar-refractivity contribution in [3.8, 4) is 23.0 Å². The average molecular weight is 743 g/mol. The van der Waals surface area contributed by atoms with Gasteiger partial charge in [0.05, 0.1) is 34.1 Å². The molecule has 0 aromatic heterocycles. The van der Waals surface area contributed by atoms with Crippen LogP contribution in [0.15, 0.2) is 60.7 Å². The van der Waals surface area contributed by atoms with Crippen molar-refractivity contribution < 1.29 is 42.9 Å². The third kappa shape index (κ3) is 11.1. The molecule has 2 amide bonds. The number of methoxy groups -OCH3 is 4. The Balaban J connectivity index is 1.62. The zero-order valence-electron chi connectivity index (χ0n) is 32.9. The maximum absolute atomic E-state index is 14.1. The lowest BCUT2D eigenvalue weighted by Crippen LogP contribution is -2.41. The van der Waals surface area contributed by atoms with E-state index in [2.05, 4.69) is 10.6 Å². The number of hydrogen-bond acceptors (Lipinski definition) is 9. The number of anilines is 1. The lowest BCUT2D eigenvalue weighted by molar-refractivity contribution is -0.127. The zero-order chi connectivity index (χ0) is 39.6. The van der Waals surface area contributed by atoms with Crippen LogP contribution in [0.5, 0.6) is 23.0 Å². The van der Waals surface area contributed by atoms with E-state index in [1.807, 2.05) is 56.3 Å². The SMILES string of the molecule is COc1ccc(C2=CC(=O)CCc3c2cc(OC)c(OC)c3OC)cc1NC(=O)C(CC(=O)CC(Cc1ccccc1)NC(=O)OC(C)(C)C)CC(C)C. The van der Waals surface area contributed by atoms with Gasteiger partial charge in [0.1, 0.15) is 17.1 Å². The van der Waals surface area contributed by atoms with E-state index in [-0.39, 0.29) is 42.7 Å². The van der Waals surface area contributed by atoms with E-state index in [0.29, 0.717) is 59.1 Å². The number of nitrogens with one attached hydrogen (secondary N) is 2. The zero-order valence-corrected chi connectivity index (χ0v) is 32.9. The van der Waals surface area contributed by atoms with Crippen molar-refractivity contribution in [1.29, 1.82) is 0 Å². The van der Waals surface area contributed by atoms with Crippen molar-refractivity contribution in [2.75, 3.05) is 33.8 Å². The summed E-state index contributed by atoms with van der Waals surface area (Å²) in [5.41, 5.74) is 3.47. The number of carbonyl (C=O) groups is 4. The molecule has 0 saturated carbocycles. The highest BCUT2D eigenvalue weighted by molar-refractivity contribution is 6.04. The van der Waals surface area contributed by atoms with Gasteiger partial charge in [-0.05, 0) is 92.5 Å². The number of carbonyl (C=O) groups excluding carboxylic acids is 4. The number of fused-ring (bicyclic) bond motifs is 1. The van der Waals surface area contributed by atoms with E-state index in [1.165, 1.54) is 21.3 Å². The van der Waals surface area contributed by atoms with Crippen LogP contribution >= 0.6 is 0 Å². The fraction of sp³-hybridized carbons (Fsp3) is 0.442. The second-order valence-corrected chi connectivity index (χ2v) is 14.9. The third-order valence-electron chi connectivity index (χ3n) is 9.04. The van der Waals surface area contributed by atoms with E-state index in [4.69, 9.17) is 23.7 Å². The minimum absolute atomic E-state index is 0.0219. The van der Waals surface area contributed by atoms with Crippen molar-refractivity contribution in [3.63, 3.8) is 0 Å². The molecule has 11 heteroatoms. The van der Waals surface area contributed by atoms with Gasteiger partial charge in [-0.25, -0.2) is 4.79 Å². The highest BCUT2D eigenvalue weighted by Gasteiger charge is 2.29. The summed E-state index contributed by atoms with van der Waals surface area (Å²) in [6, 6.07) is 16.2. The van der Waals surface area contributed by atoms with Gasteiger partial charge in [0.2, 0.25) is 11.7 Å². The molecule has 0 fully saturated rings. The third-order valence-corrected chi connectivity index (χ3v) is 9.04. The summed E-state index contributed by atoms with van der Waals surface area (Å²) in [6.45, 7) is 9.33. The molecule has 11 nitrogen and oxygen atoms in total. The summed E-state index contributed by atoms with van der Waals surface area (Å²) in [5, 5.41) is 5.90. The first-order chi connectivity index (χ1) is 25.7. The first kappa shape index (κ1) is 41.4. The van der Waals surface area contributed by atoms with Crippen LogP contribution in [-0.4, -0.2) is 63.6 Å². The molecule has 0 saturated heterocycles. The summed E-state index contributed by atoms with van der Waals surface area (Å²) in [6.07, 6.45) is 2.57. The summed E-state index contributed by atoms with van der Waals surface area (Å²) in [7, 11) is 6.13. The normalized spacial score (nSPS) is 13.8. The fourth-order valence-corrected chi connectivity index (χ4v) is 6.74. The highest BCUT2D eigenvalue weighted by atomic mass is 16.6. The molecular weight excluding hydrogens is 688 g/mol. The molecule has 3 aromatic rings. The molecule has 1 aliphatic rings. The van der Waals surface area contributed by atoms with Crippen LogP contribution in [0.25, 0.3) is 5.57 Å². The van der Waals surface area contributed by atoms with Gasteiger partial charge in [0.15, 0.2) is 17.3 Å². The van der Waals surface area contributed by atoms with Gasteiger partial charge in [-0.3, -0.25) is 14.4 Å². The van der Waals surface area contributed by atoms with Gasteiger partial charge in [0.25, 0.3) is 0 Å². The van der Waals surface area contributed by atoms with Crippen LogP contribution in [0.3, 0.4) is 0 Å². The first-order valence-electron chi connectivity index (χ1n) is 18.3. The molecule has 0 bridgehead atoms. The number of rotatable bonds is 16. The van der Waals surface area contributed by atoms with E-state index < -0.39 is 23.7 Å². The van der Waals surface area contributed by atoms with Crippen LogP contribution in [0, 0.1) is 11.8 Å². The Morgan fingerprint density at radius 1 is 0.815 bits per heavy atom. The van der Waals surface area contributed by atoms with E-state index >= 15 is 0 Å². The summed E-state index contributed by atoms with van der Waals surface area (Å²) < 4.78 is 28.2. The predicted octanol–water partition coefficient (Wildman–Crippen LogP) is 7.75. The molecule has 0 radical (unpaired) electrons. The Morgan fingerprint density at radius 3 is 2.11 bits per heavy atom. The Bertz CT molecular complexity index is 1840. The number of benzene rings is 3. The van der Waals surface area contributed by atoms with Gasteiger partial charge in [-0.2, -0.15) is 0 Å². The molecule has 4 rings (SSSR count). The molecule has 0 spiro atoms. The van der Waals surface area contributed by atoms with Gasteiger partial charge in [-0.15, -0.1) is 0 Å². The first-order valence-corrected chi connectivity index (χ1v) is 18.3. The van der Waals surface area contributed by atoms with Crippen molar-refractivity contribution in [2.45, 2.75) is 84.8 Å². The minimum atomic E-state index is -0.705. The molecule has 0 heterocycles. The van der Waals surface area contributed by atoms with E-state index in [0.717, 1.165) is 16.7 Å². The quantitative estimate of drug-likeness (QED) is 0.151. The number of ether oxygens (including phenoxy) is 5. The van der Waals surface area contributed by atoms with Crippen molar-refractivity contribution in [1.82, 2.24) is 5.32 Å². The number of Topliss-reactive ketones (excluding diaryl/α,β-unsaturated/α-hetero) is 1. The monoisotopic (exact) mass is 742 g/mol. The number of hydrogen-bond donors (Lipinski definition) is 2. The average Bonchev–Trinajstić information content (AvgIpc) is 3.27. The lowest BCUT2D eigenvalue weighted by atomic mass is 9.89. The lowest BCUT2D eigenvalue weighted by Gasteiger charge is -2.24. The maximum atomic E-state index is 14.1. The second kappa shape index (κ2) is 18.6. The molecule has 2 N–H and O–H groups in total. The Hall–Kier alpha value is -5.32. The van der Waals surface area contributed by atoms with Crippen molar-refractivity contribution in [2.24, 2.45) is 11.8 Å². The molecular formula is C43H54N2O9. The molecule has 290 valence electrons. The Morgan fingerprint density at radius 2 is 1.50 bits per heavy atom. The smallest absolute Gasteiger partial charge is 0.407 e. The molecule has 54 heavy (non-hydrogen) atoms. The van der Waals surface area contributed by atoms with Gasteiger partial charge in [-0.1, -0.05) is 50.2 Å². The molecule has 2 atom stereocenters. The molecule has 3 aromatic carbocycles. The standard InChI is InChI=1S/C43H54N2O9/c1-26(2)19-29(21-32(47)23-30(20-27-13-11-10-12-14-27)44-42(49)54-43(3,4)5)41(48)45-36-22-28(15-18-37(36)50-6)34-24-31(46)16-17-33-35(34)25-38(51-7)40(53-9)39(33)52-8/h10-15,18,22,24-26,29-30H,16-17,19-21,23H2,1-9H3,(H,44,49)(H,45,48). The van der Waals surface area contributed by atoms with Gasteiger partial charge in [0, 0.05) is 36.8 Å². The minimum Gasteiger partial charge on any atom is -0.495 e. The number of amides is 2. The topological polar surface area (TPSA) is 138 Å². The maximum Gasteiger partial charge on any atom is 0.407 e. The van der Waals surface area contributed by atoms with E-state index in [1.54, 1.807) is 46.1 Å². The van der Waals surface area contributed by atoms with Crippen LogP contribution in [0.1, 0.15) is 82.6 Å². The van der Waals surface area contributed by atoms with Crippen LogP contribution in [-0.2, 0) is 32.0 Å². The number of ketones is 2. The van der Waals surface area contributed by atoms with Crippen LogP contribution < -0.4 is 29.6 Å². The van der Waals surface area contributed by atoms with Crippen molar-refractivity contribution >= 4 is 34.8 Å². The molecule has 0 aliphatic heterocycles. The molecule has 2 unspecified atom stereocenters. The second-order valence-electron chi connectivity index (χ2n) is 14.9.